The van der Waals surface area contributed by atoms with Gasteiger partial charge in [-0.25, -0.2) is 4.39 Å². The van der Waals surface area contributed by atoms with Gasteiger partial charge in [-0.15, -0.1) is 0 Å². The largest absolute Gasteiger partial charge is 0.382 e. The van der Waals surface area contributed by atoms with E-state index in [-0.39, 0.29) is 11.7 Å². The summed E-state index contributed by atoms with van der Waals surface area (Å²) >= 11 is 0. The molecule has 0 aliphatic carbocycles. The molecule has 0 aliphatic heterocycles. The molecule has 1 unspecified atom stereocenters. The van der Waals surface area contributed by atoms with E-state index in [1.54, 1.807) is 6.07 Å². The summed E-state index contributed by atoms with van der Waals surface area (Å²) in [5, 5.41) is 0. The second-order valence-electron chi connectivity index (χ2n) is 3.79. The minimum absolute atomic E-state index is 0.0988. The molecule has 1 atom stereocenters. The van der Waals surface area contributed by atoms with Crippen LogP contribution >= 0.6 is 0 Å². The average molecular weight is 225 g/mol. The molecule has 0 fully saturated rings. The second kappa shape index (κ2) is 7.36. The van der Waals surface area contributed by atoms with Gasteiger partial charge in [0.15, 0.2) is 0 Å². The van der Waals surface area contributed by atoms with Crippen LogP contribution in [0.15, 0.2) is 24.3 Å². The first-order valence-corrected chi connectivity index (χ1v) is 5.81. The molecule has 0 amide bonds. The maximum Gasteiger partial charge on any atom is 0.126 e. The Morgan fingerprint density at radius 2 is 2.12 bits per heavy atom. The van der Waals surface area contributed by atoms with E-state index in [9.17, 15) is 4.39 Å². The molecule has 0 saturated carbocycles. The third-order valence-corrected chi connectivity index (χ3v) is 2.67. The topological polar surface area (TPSA) is 35.2 Å². The van der Waals surface area contributed by atoms with Crippen LogP contribution < -0.4 is 5.73 Å². The number of nitrogens with two attached hydrogens (primary N) is 1. The molecule has 0 aliphatic rings. The summed E-state index contributed by atoms with van der Waals surface area (Å²) in [6.07, 6.45) is 1.79. The summed E-state index contributed by atoms with van der Waals surface area (Å²) < 4.78 is 18.8. The lowest BCUT2D eigenvalue weighted by atomic mass is 9.94. The van der Waals surface area contributed by atoms with E-state index in [1.165, 1.54) is 6.07 Å². The zero-order valence-electron chi connectivity index (χ0n) is 9.79. The highest BCUT2D eigenvalue weighted by Crippen LogP contribution is 2.22. The van der Waals surface area contributed by atoms with E-state index >= 15 is 0 Å². The van der Waals surface area contributed by atoms with Crippen LogP contribution in [0.5, 0.6) is 0 Å². The first-order chi connectivity index (χ1) is 7.79. The Morgan fingerprint density at radius 1 is 1.38 bits per heavy atom. The van der Waals surface area contributed by atoms with Crippen molar-refractivity contribution < 1.29 is 9.13 Å². The van der Waals surface area contributed by atoms with Gasteiger partial charge in [0.25, 0.3) is 0 Å². The molecule has 1 rings (SSSR count). The predicted molar refractivity (Wildman–Crippen MR) is 63.9 cm³/mol. The number of ether oxygens (including phenoxy) is 1. The van der Waals surface area contributed by atoms with Gasteiger partial charge in [0.1, 0.15) is 5.82 Å². The van der Waals surface area contributed by atoms with E-state index in [2.05, 4.69) is 0 Å². The van der Waals surface area contributed by atoms with E-state index < -0.39 is 0 Å². The predicted octanol–water partition coefficient (Wildman–Crippen LogP) is 2.68. The van der Waals surface area contributed by atoms with Gasteiger partial charge < -0.3 is 10.5 Å². The molecule has 3 heteroatoms. The quantitative estimate of drug-likeness (QED) is 0.724. The Bertz CT molecular complexity index is 304. The Morgan fingerprint density at radius 3 is 2.75 bits per heavy atom. The molecule has 1 aromatic carbocycles. The Balaban J connectivity index is 2.51. The molecular formula is C13H20FNO. The minimum Gasteiger partial charge on any atom is -0.382 e. The van der Waals surface area contributed by atoms with Gasteiger partial charge in [0.05, 0.1) is 0 Å². The van der Waals surface area contributed by atoms with Gasteiger partial charge in [-0.1, -0.05) is 18.2 Å². The highest BCUT2D eigenvalue weighted by Gasteiger charge is 2.13. The van der Waals surface area contributed by atoms with E-state index in [4.69, 9.17) is 10.5 Å². The molecule has 2 N–H and O–H groups in total. The number of hydrogen-bond donors (Lipinski definition) is 1. The molecule has 0 saturated heterocycles. The summed E-state index contributed by atoms with van der Waals surface area (Å²) in [6.45, 7) is 3.90. The van der Waals surface area contributed by atoms with Gasteiger partial charge in [-0.2, -0.15) is 0 Å². The van der Waals surface area contributed by atoms with Crippen molar-refractivity contribution >= 4 is 0 Å². The molecular weight excluding hydrogens is 205 g/mol. The third-order valence-electron chi connectivity index (χ3n) is 2.67. The first kappa shape index (κ1) is 13.1. The van der Waals surface area contributed by atoms with Crippen LogP contribution in [0.1, 0.15) is 31.2 Å². The highest BCUT2D eigenvalue weighted by atomic mass is 19.1. The lowest BCUT2D eigenvalue weighted by molar-refractivity contribution is 0.142. The molecule has 0 spiro atoms. The average Bonchev–Trinajstić information content (AvgIpc) is 2.31. The maximum absolute atomic E-state index is 13.5. The smallest absolute Gasteiger partial charge is 0.126 e. The SMILES string of the molecule is CCOCCCC(CN)c1ccccc1F. The normalized spacial score (nSPS) is 12.7. The second-order valence-corrected chi connectivity index (χ2v) is 3.79. The van der Waals surface area contributed by atoms with Crippen LogP contribution in [0.3, 0.4) is 0 Å². The third kappa shape index (κ3) is 3.91. The Labute approximate surface area is 96.6 Å². The standard InChI is InChI=1S/C13H20FNO/c1-2-16-9-5-6-11(10-15)12-7-3-4-8-13(12)14/h3-4,7-8,11H,2,5-6,9-10,15H2,1H3. The van der Waals surface area contributed by atoms with E-state index in [1.807, 2.05) is 19.1 Å². The van der Waals surface area contributed by atoms with Crippen molar-refractivity contribution in [2.45, 2.75) is 25.7 Å². The van der Waals surface area contributed by atoms with Crippen molar-refractivity contribution in [2.24, 2.45) is 5.73 Å². The Kier molecular flexibility index (Phi) is 6.04. The van der Waals surface area contributed by atoms with Crippen LogP contribution in [-0.4, -0.2) is 19.8 Å². The van der Waals surface area contributed by atoms with Crippen molar-refractivity contribution in [1.82, 2.24) is 0 Å². The number of rotatable bonds is 7. The lowest BCUT2D eigenvalue weighted by Gasteiger charge is -2.15. The first-order valence-electron chi connectivity index (χ1n) is 5.81. The molecule has 0 radical (unpaired) electrons. The van der Waals surface area contributed by atoms with Crippen LogP contribution in [-0.2, 0) is 4.74 Å². The van der Waals surface area contributed by atoms with E-state index in [0.717, 1.165) is 31.6 Å². The summed E-state index contributed by atoms with van der Waals surface area (Å²) in [5.74, 6) is -0.0592. The van der Waals surface area contributed by atoms with Gasteiger partial charge >= 0.3 is 0 Å². The summed E-state index contributed by atoms with van der Waals surface area (Å²) in [4.78, 5) is 0. The van der Waals surface area contributed by atoms with Crippen LogP contribution in [0.2, 0.25) is 0 Å². The number of halogens is 1. The van der Waals surface area contributed by atoms with Gasteiger partial charge in [-0.05, 0) is 43.9 Å². The van der Waals surface area contributed by atoms with Gasteiger partial charge in [0, 0.05) is 13.2 Å². The van der Waals surface area contributed by atoms with Gasteiger partial charge in [-0.3, -0.25) is 0 Å². The van der Waals surface area contributed by atoms with Crippen molar-refractivity contribution in [1.29, 1.82) is 0 Å². The monoisotopic (exact) mass is 225 g/mol. The van der Waals surface area contributed by atoms with Crippen molar-refractivity contribution in [3.63, 3.8) is 0 Å². The van der Waals surface area contributed by atoms with Crippen LogP contribution in [0.25, 0.3) is 0 Å². The molecule has 90 valence electrons. The molecule has 2 nitrogen and oxygen atoms in total. The van der Waals surface area contributed by atoms with Crippen molar-refractivity contribution in [2.75, 3.05) is 19.8 Å². The summed E-state index contributed by atoms with van der Waals surface area (Å²) in [5.41, 5.74) is 6.40. The molecule has 0 bridgehead atoms. The van der Waals surface area contributed by atoms with E-state index in [0.29, 0.717) is 6.54 Å². The van der Waals surface area contributed by atoms with Crippen molar-refractivity contribution in [3.8, 4) is 0 Å². The molecule has 0 aromatic heterocycles. The van der Waals surface area contributed by atoms with Crippen LogP contribution in [0, 0.1) is 5.82 Å². The molecule has 0 heterocycles. The molecule has 16 heavy (non-hydrogen) atoms. The highest BCUT2D eigenvalue weighted by molar-refractivity contribution is 5.21. The zero-order valence-corrected chi connectivity index (χ0v) is 9.79. The fourth-order valence-corrected chi connectivity index (χ4v) is 1.78. The number of hydrogen-bond acceptors (Lipinski definition) is 2. The zero-order chi connectivity index (χ0) is 11.8. The van der Waals surface area contributed by atoms with Crippen LogP contribution in [0.4, 0.5) is 4.39 Å². The fourth-order valence-electron chi connectivity index (χ4n) is 1.78. The lowest BCUT2D eigenvalue weighted by Crippen LogP contribution is -2.14. The number of benzene rings is 1. The summed E-state index contributed by atoms with van der Waals surface area (Å²) in [7, 11) is 0. The van der Waals surface area contributed by atoms with Crippen molar-refractivity contribution in [3.05, 3.63) is 35.6 Å². The fraction of sp³-hybridized carbons (Fsp3) is 0.538. The molecule has 1 aromatic rings. The summed E-state index contributed by atoms with van der Waals surface area (Å²) in [6, 6.07) is 6.85. The van der Waals surface area contributed by atoms with Gasteiger partial charge in [0.2, 0.25) is 0 Å². The minimum atomic E-state index is -0.158. The maximum atomic E-state index is 13.5. The Hall–Kier alpha value is -0.930.